The van der Waals surface area contributed by atoms with Gasteiger partial charge in [0.2, 0.25) is 0 Å². The van der Waals surface area contributed by atoms with Gasteiger partial charge in [-0.05, 0) is 55.8 Å². The van der Waals surface area contributed by atoms with Crippen molar-refractivity contribution in [3.8, 4) is 5.75 Å². The van der Waals surface area contributed by atoms with Crippen LogP contribution in [0.1, 0.15) is 31.2 Å². The van der Waals surface area contributed by atoms with Crippen molar-refractivity contribution in [2.45, 2.75) is 44.4 Å². The van der Waals surface area contributed by atoms with E-state index >= 15 is 0 Å². The molecule has 2 atom stereocenters. The molecule has 0 unspecified atom stereocenters. The van der Waals surface area contributed by atoms with E-state index in [0.717, 1.165) is 25.4 Å². The summed E-state index contributed by atoms with van der Waals surface area (Å²) >= 11 is 0. The van der Waals surface area contributed by atoms with Crippen LogP contribution in [0.15, 0.2) is 54.6 Å². The molecule has 2 heterocycles. The fraction of sp³-hybridized carbons (Fsp3) is 0.478. The van der Waals surface area contributed by atoms with Crippen molar-refractivity contribution in [3.05, 3.63) is 66.0 Å². The Labute approximate surface area is 161 Å². The van der Waals surface area contributed by atoms with Crippen LogP contribution in [-0.4, -0.2) is 48.1 Å². The minimum absolute atomic E-state index is 0.169. The molecule has 0 aliphatic carbocycles. The van der Waals surface area contributed by atoms with Gasteiger partial charge >= 0.3 is 0 Å². The molecule has 4 heteroatoms. The van der Waals surface area contributed by atoms with Crippen molar-refractivity contribution >= 4 is 0 Å². The standard InChI is InChI=1S/C23H29FN2O/c24-20-10-12-21(13-11-20)27-23-18-26(16-19-8-4-3-5-9-19)22(23)17-25-14-6-1-2-7-15-25/h3-5,8-13,22-23H,1-2,6-7,14-18H2/t22-,23-/m1/s1. The van der Waals surface area contributed by atoms with Gasteiger partial charge in [-0.3, -0.25) is 4.90 Å². The number of benzene rings is 2. The summed E-state index contributed by atoms with van der Waals surface area (Å²) in [6.07, 6.45) is 5.47. The first-order chi connectivity index (χ1) is 13.3. The monoisotopic (exact) mass is 368 g/mol. The van der Waals surface area contributed by atoms with Gasteiger partial charge in [0.05, 0.1) is 6.04 Å². The number of halogens is 1. The highest BCUT2D eigenvalue weighted by molar-refractivity contribution is 5.23. The normalized spacial score (nSPS) is 24.2. The summed E-state index contributed by atoms with van der Waals surface area (Å²) in [5, 5.41) is 0. The van der Waals surface area contributed by atoms with Crippen LogP contribution in [-0.2, 0) is 6.54 Å². The second-order valence-corrected chi connectivity index (χ2v) is 7.81. The average molecular weight is 368 g/mol. The predicted octanol–water partition coefficient (Wildman–Crippen LogP) is 4.33. The Morgan fingerprint density at radius 2 is 1.59 bits per heavy atom. The lowest BCUT2D eigenvalue weighted by molar-refractivity contribution is -0.0640. The van der Waals surface area contributed by atoms with Crippen molar-refractivity contribution in [3.63, 3.8) is 0 Å². The van der Waals surface area contributed by atoms with E-state index in [4.69, 9.17) is 4.74 Å². The topological polar surface area (TPSA) is 15.7 Å². The van der Waals surface area contributed by atoms with Gasteiger partial charge < -0.3 is 9.64 Å². The van der Waals surface area contributed by atoms with Crippen LogP contribution in [0.5, 0.6) is 5.75 Å². The SMILES string of the molecule is Fc1ccc(O[C@@H]2CN(Cc3ccccc3)[C@@H]2CN2CCCCCC2)cc1. The van der Waals surface area contributed by atoms with Crippen LogP contribution in [0.25, 0.3) is 0 Å². The molecule has 2 aromatic rings. The van der Waals surface area contributed by atoms with Gasteiger partial charge in [0.15, 0.2) is 0 Å². The van der Waals surface area contributed by atoms with Crippen molar-refractivity contribution in [2.24, 2.45) is 0 Å². The largest absolute Gasteiger partial charge is 0.487 e. The minimum atomic E-state index is -0.220. The highest BCUT2D eigenvalue weighted by atomic mass is 19.1. The van der Waals surface area contributed by atoms with Crippen molar-refractivity contribution < 1.29 is 9.13 Å². The van der Waals surface area contributed by atoms with Crippen LogP contribution >= 0.6 is 0 Å². The maximum Gasteiger partial charge on any atom is 0.128 e. The molecule has 0 amide bonds. The Morgan fingerprint density at radius 3 is 2.30 bits per heavy atom. The second kappa shape index (κ2) is 8.85. The molecule has 2 aromatic carbocycles. The van der Waals surface area contributed by atoms with Crippen LogP contribution in [0.4, 0.5) is 4.39 Å². The molecular weight excluding hydrogens is 339 g/mol. The van der Waals surface area contributed by atoms with Gasteiger partial charge in [0.1, 0.15) is 17.7 Å². The zero-order valence-corrected chi connectivity index (χ0v) is 15.9. The molecule has 3 nitrogen and oxygen atoms in total. The third-order valence-electron chi connectivity index (χ3n) is 5.79. The third kappa shape index (κ3) is 4.88. The Hall–Kier alpha value is -1.91. The molecule has 27 heavy (non-hydrogen) atoms. The quantitative estimate of drug-likeness (QED) is 0.755. The van der Waals surface area contributed by atoms with E-state index in [9.17, 15) is 4.39 Å². The third-order valence-corrected chi connectivity index (χ3v) is 5.79. The first-order valence-electron chi connectivity index (χ1n) is 10.2. The number of hydrogen-bond acceptors (Lipinski definition) is 3. The summed E-state index contributed by atoms with van der Waals surface area (Å²) < 4.78 is 19.4. The minimum Gasteiger partial charge on any atom is -0.487 e. The van der Waals surface area contributed by atoms with Crippen molar-refractivity contribution in [2.75, 3.05) is 26.2 Å². The van der Waals surface area contributed by atoms with Crippen molar-refractivity contribution in [1.29, 1.82) is 0 Å². The van der Waals surface area contributed by atoms with Gasteiger partial charge in [-0.25, -0.2) is 4.39 Å². The molecule has 2 fully saturated rings. The zero-order chi connectivity index (χ0) is 18.5. The Bertz CT molecular complexity index is 698. The van der Waals surface area contributed by atoms with E-state index in [-0.39, 0.29) is 11.9 Å². The maximum absolute atomic E-state index is 13.2. The molecule has 144 valence electrons. The summed E-state index contributed by atoms with van der Waals surface area (Å²) in [4.78, 5) is 5.13. The molecule has 4 rings (SSSR count). The first kappa shape index (κ1) is 18.5. The van der Waals surface area contributed by atoms with E-state index < -0.39 is 0 Å². The van der Waals surface area contributed by atoms with Crippen LogP contribution in [0.2, 0.25) is 0 Å². The van der Waals surface area contributed by atoms with Gasteiger partial charge in [-0.2, -0.15) is 0 Å². The fourth-order valence-electron chi connectivity index (χ4n) is 4.21. The van der Waals surface area contributed by atoms with Crippen LogP contribution in [0.3, 0.4) is 0 Å². The average Bonchev–Trinajstić information content (AvgIpc) is 2.96. The highest BCUT2D eigenvalue weighted by Gasteiger charge is 2.41. The van der Waals surface area contributed by atoms with E-state index in [1.54, 1.807) is 12.1 Å². The van der Waals surface area contributed by atoms with Gasteiger partial charge in [-0.15, -0.1) is 0 Å². The number of ether oxygens (including phenoxy) is 1. The van der Waals surface area contributed by atoms with Crippen LogP contribution in [0, 0.1) is 5.82 Å². The Kier molecular flexibility index (Phi) is 6.05. The van der Waals surface area contributed by atoms with E-state index in [1.807, 2.05) is 0 Å². The first-order valence-corrected chi connectivity index (χ1v) is 10.2. The molecule has 0 saturated carbocycles. The van der Waals surface area contributed by atoms with E-state index in [1.165, 1.54) is 56.5 Å². The summed E-state index contributed by atoms with van der Waals surface area (Å²) in [6, 6.07) is 17.4. The van der Waals surface area contributed by atoms with Gasteiger partial charge in [0, 0.05) is 19.6 Å². The summed E-state index contributed by atoms with van der Waals surface area (Å²) in [5.41, 5.74) is 1.35. The molecule has 0 aromatic heterocycles. The van der Waals surface area contributed by atoms with E-state index in [0.29, 0.717) is 6.04 Å². The molecule has 2 aliphatic heterocycles. The predicted molar refractivity (Wildman–Crippen MR) is 106 cm³/mol. The molecule has 0 radical (unpaired) electrons. The van der Waals surface area contributed by atoms with E-state index in [2.05, 4.69) is 40.1 Å². The lowest BCUT2D eigenvalue weighted by Gasteiger charge is -2.49. The smallest absolute Gasteiger partial charge is 0.128 e. The number of hydrogen-bond donors (Lipinski definition) is 0. The number of nitrogens with zero attached hydrogens (tertiary/aromatic N) is 2. The Balaban J connectivity index is 1.42. The molecule has 0 bridgehead atoms. The Morgan fingerprint density at radius 1 is 0.889 bits per heavy atom. The lowest BCUT2D eigenvalue weighted by atomic mass is 9.96. The second-order valence-electron chi connectivity index (χ2n) is 7.81. The fourth-order valence-corrected chi connectivity index (χ4v) is 4.21. The molecule has 2 saturated heterocycles. The van der Waals surface area contributed by atoms with Crippen LogP contribution < -0.4 is 4.74 Å². The maximum atomic E-state index is 13.2. The van der Waals surface area contributed by atoms with Gasteiger partial charge in [0.25, 0.3) is 0 Å². The zero-order valence-electron chi connectivity index (χ0n) is 15.9. The molecule has 2 aliphatic rings. The molecular formula is C23H29FN2O. The summed E-state index contributed by atoms with van der Waals surface area (Å²) in [7, 11) is 0. The molecule has 0 spiro atoms. The molecule has 0 N–H and O–H groups in total. The van der Waals surface area contributed by atoms with Gasteiger partial charge in [-0.1, -0.05) is 43.2 Å². The van der Waals surface area contributed by atoms with Crippen molar-refractivity contribution in [1.82, 2.24) is 9.80 Å². The summed E-state index contributed by atoms with van der Waals surface area (Å²) in [5.74, 6) is 0.546. The summed E-state index contributed by atoms with van der Waals surface area (Å²) in [6.45, 7) is 5.32. The number of likely N-dealkylation sites (tertiary alicyclic amines) is 2. The highest BCUT2D eigenvalue weighted by Crippen LogP contribution is 2.27. The lowest BCUT2D eigenvalue weighted by Crippen LogP contribution is -2.65. The number of rotatable bonds is 6.